The van der Waals surface area contributed by atoms with Crippen LogP contribution >= 0.6 is 0 Å². The molecule has 160 valence electrons. The van der Waals surface area contributed by atoms with Gasteiger partial charge in [0, 0.05) is 0 Å². The molecule has 0 bridgehead atoms. The van der Waals surface area contributed by atoms with Crippen molar-refractivity contribution in [3.05, 3.63) is 100 Å². The minimum absolute atomic E-state index is 0.209. The summed E-state index contributed by atoms with van der Waals surface area (Å²) in [5.41, 5.74) is 1.69. The molecule has 4 rings (SSSR count). The van der Waals surface area contributed by atoms with Crippen LogP contribution in [-0.4, -0.2) is 26.8 Å². The summed E-state index contributed by atoms with van der Waals surface area (Å²) in [6, 6.07) is 22.9. The highest BCUT2D eigenvalue weighted by molar-refractivity contribution is 6.03. The van der Waals surface area contributed by atoms with Gasteiger partial charge in [0.05, 0.1) is 22.7 Å². The van der Waals surface area contributed by atoms with E-state index in [2.05, 4.69) is 20.9 Å². The quantitative estimate of drug-likeness (QED) is 0.492. The Balaban J connectivity index is 1.49. The summed E-state index contributed by atoms with van der Waals surface area (Å²) >= 11 is 0. The third kappa shape index (κ3) is 4.54. The summed E-state index contributed by atoms with van der Waals surface area (Å²) in [5.74, 6) is -0.812. The van der Waals surface area contributed by atoms with Crippen molar-refractivity contribution in [1.82, 2.24) is 20.3 Å². The Kier molecular flexibility index (Phi) is 6.03. The molecular weight excluding hydrogens is 406 g/mol. The average molecular weight is 427 g/mol. The number of amides is 2. The van der Waals surface area contributed by atoms with Gasteiger partial charge in [-0.1, -0.05) is 59.8 Å². The number of nitrogens with one attached hydrogen (secondary N) is 2. The molecule has 0 spiro atoms. The number of anilines is 1. The number of carbonyl (C=O) groups is 2. The van der Waals surface area contributed by atoms with Crippen molar-refractivity contribution < 1.29 is 9.59 Å². The molecule has 0 saturated heterocycles. The minimum Gasteiger partial charge on any atom is -0.345 e. The van der Waals surface area contributed by atoms with E-state index >= 15 is 0 Å². The van der Waals surface area contributed by atoms with Gasteiger partial charge in [-0.3, -0.25) is 14.4 Å². The van der Waals surface area contributed by atoms with Crippen LogP contribution < -0.4 is 16.2 Å². The van der Waals surface area contributed by atoms with Crippen molar-refractivity contribution >= 4 is 28.4 Å². The molecule has 0 aliphatic rings. The van der Waals surface area contributed by atoms with Crippen LogP contribution in [0.2, 0.25) is 0 Å². The van der Waals surface area contributed by atoms with Gasteiger partial charge < -0.3 is 10.6 Å². The second kappa shape index (κ2) is 9.22. The molecule has 8 nitrogen and oxygen atoms in total. The molecule has 3 aromatic carbocycles. The fourth-order valence-electron chi connectivity index (χ4n) is 3.34. The highest BCUT2D eigenvalue weighted by Crippen LogP contribution is 2.18. The molecule has 0 aliphatic heterocycles. The lowest BCUT2D eigenvalue weighted by molar-refractivity contribution is -0.117. The first-order valence-corrected chi connectivity index (χ1v) is 10.1. The molecule has 0 aliphatic carbocycles. The molecule has 32 heavy (non-hydrogen) atoms. The number of fused-ring (bicyclic) bond motifs is 1. The topological polar surface area (TPSA) is 106 Å². The standard InChI is InChI=1S/C24H21N5O3/c1-16(17-9-3-2-4-10-17)25-23(31)18-11-5-7-13-20(18)26-22(30)15-29-24(32)19-12-6-8-14-21(19)27-28-29/h2-14,16H,15H2,1H3,(H,25,31)(H,26,30). The van der Waals surface area contributed by atoms with Crippen molar-refractivity contribution in [1.29, 1.82) is 0 Å². The van der Waals surface area contributed by atoms with E-state index in [9.17, 15) is 14.4 Å². The van der Waals surface area contributed by atoms with E-state index in [4.69, 9.17) is 0 Å². The summed E-state index contributed by atoms with van der Waals surface area (Å²) in [4.78, 5) is 38.0. The van der Waals surface area contributed by atoms with Crippen LogP contribution in [-0.2, 0) is 11.3 Å². The molecule has 4 aromatic rings. The van der Waals surface area contributed by atoms with Gasteiger partial charge in [-0.25, -0.2) is 4.68 Å². The summed E-state index contributed by atoms with van der Waals surface area (Å²) in [5, 5.41) is 13.8. The Hall–Kier alpha value is -4.33. The second-order valence-corrected chi connectivity index (χ2v) is 7.27. The van der Waals surface area contributed by atoms with Crippen molar-refractivity contribution in [2.24, 2.45) is 0 Å². The lowest BCUT2D eigenvalue weighted by Crippen LogP contribution is -2.31. The van der Waals surface area contributed by atoms with Crippen molar-refractivity contribution in [2.45, 2.75) is 19.5 Å². The van der Waals surface area contributed by atoms with E-state index in [1.54, 1.807) is 48.5 Å². The first-order valence-electron chi connectivity index (χ1n) is 10.1. The highest BCUT2D eigenvalue weighted by Gasteiger charge is 2.17. The summed E-state index contributed by atoms with van der Waals surface area (Å²) < 4.78 is 0.998. The molecule has 1 aromatic heterocycles. The van der Waals surface area contributed by atoms with E-state index in [0.29, 0.717) is 22.2 Å². The first-order chi connectivity index (χ1) is 15.5. The van der Waals surface area contributed by atoms with E-state index in [0.717, 1.165) is 10.2 Å². The SMILES string of the molecule is CC(NC(=O)c1ccccc1NC(=O)Cn1nnc2ccccc2c1=O)c1ccccc1. The largest absolute Gasteiger partial charge is 0.345 e. The normalized spacial score (nSPS) is 11.7. The van der Waals surface area contributed by atoms with Crippen molar-refractivity contribution in [3.8, 4) is 0 Å². The van der Waals surface area contributed by atoms with E-state index in [1.807, 2.05) is 37.3 Å². The van der Waals surface area contributed by atoms with Gasteiger partial charge in [0.25, 0.3) is 11.5 Å². The fraction of sp³-hybridized carbons (Fsp3) is 0.125. The second-order valence-electron chi connectivity index (χ2n) is 7.27. The van der Waals surface area contributed by atoms with E-state index in [1.165, 1.54) is 0 Å². The summed E-state index contributed by atoms with van der Waals surface area (Å²) in [7, 11) is 0. The molecule has 2 N–H and O–H groups in total. The molecule has 0 saturated carbocycles. The van der Waals surface area contributed by atoms with Crippen LogP contribution in [0.5, 0.6) is 0 Å². The van der Waals surface area contributed by atoms with Crippen LogP contribution in [0.15, 0.2) is 83.7 Å². The van der Waals surface area contributed by atoms with Crippen LogP contribution in [0.3, 0.4) is 0 Å². The molecule has 0 radical (unpaired) electrons. The number of nitrogens with zero attached hydrogens (tertiary/aromatic N) is 3. The number of hydrogen-bond donors (Lipinski definition) is 2. The van der Waals surface area contributed by atoms with Gasteiger partial charge in [-0.05, 0) is 36.8 Å². The van der Waals surface area contributed by atoms with Gasteiger partial charge in [0.2, 0.25) is 5.91 Å². The van der Waals surface area contributed by atoms with Gasteiger partial charge in [0.15, 0.2) is 0 Å². The maximum absolute atomic E-state index is 12.8. The third-order valence-corrected chi connectivity index (χ3v) is 5.02. The zero-order valence-corrected chi connectivity index (χ0v) is 17.4. The zero-order chi connectivity index (χ0) is 22.5. The zero-order valence-electron chi connectivity index (χ0n) is 17.4. The molecule has 1 heterocycles. The van der Waals surface area contributed by atoms with Crippen LogP contribution in [0, 0.1) is 0 Å². The maximum atomic E-state index is 12.8. The van der Waals surface area contributed by atoms with Crippen LogP contribution in [0.1, 0.15) is 28.9 Å². The third-order valence-electron chi connectivity index (χ3n) is 5.02. The van der Waals surface area contributed by atoms with Gasteiger partial charge >= 0.3 is 0 Å². The number of para-hydroxylation sites is 1. The number of carbonyl (C=O) groups excluding carboxylic acids is 2. The monoisotopic (exact) mass is 427 g/mol. The predicted molar refractivity (Wildman–Crippen MR) is 121 cm³/mol. The molecular formula is C24H21N5O3. The number of aromatic nitrogens is 3. The van der Waals surface area contributed by atoms with Crippen molar-refractivity contribution in [2.75, 3.05) is 5.32 Å². The Bertz CT molecular complexity index is 1330. The molecule has 1 atom stereocenters. The molecule has 0 fully saturated rings. The molecule has 1 unspecified atom stereocenters. The first kappa shape index (κ1) is 20.9. The lowest BCUT2D eigenvalue weighted by atomic mass is 10.1. The maximum Gasteiger partial charge on any atom is 0.278 e. The van der Waals surface area contributed by atoms with Gasteiger partial charge in [0.1, 0.15) is 12.1 Å². The molecule has 2 amide bonds. The van der Waals surface area contributed by atoms with Gasteiger partial charge in [-0.2, -0.15) is 0 Å². The fourth-order valence-corrected chi connectivity index (χ4v) is 3.34. The van der Waals surface area contributed by atoms with Gasteiger partial charge in [-0.15, -0.1) is 5.10 Å². The number of rotatable bonds is 6. The number of benzene rings is 3. The summed E-state index contributed by atoms with van der Waals surface area (Å²) in [6.45, 7) is 1.56. The molecule has 8 heteroatoms. The Morgan fingerprint density at radius 3 is 2.44 bits per heavy atom. The minimum atomic E-state index is -0.493. The average Bonchev–Trinajstić information content (AvgIpc) is 2.82. The predicted octanol–water partition coefficient (Wildman–Crippen LogP) is 2.92. The van der Waals surface area contributed by atoms with Crippen LogP contribution in [0.4, 0.5) is 5.69 Å². The lowest BCUT2D eigenvalue weighted by Gasteiger charge is -2.16. The summed E-state index contributed by atoms with van der Waals surface area (Å²) in [6.07, 6.45) is 0. The Morgan fingerprint density at radius 2 is 1.62 bits per heavy atom. The van der Waals surface area contributed by atoms with E-state index < -0.39 is 11.5 Å². The van der Waals surface area contributed by atoms with Crippen molar-refractivity contribution in [3.63, 3.8) is 0 Å². The Labute approximate surface area is 183 Å². The smallest absolute Gasteiger partial charge is 0.278 e. The van der Waals surface area contributed by atoms with Crippen LogP contribution in [0.25, 0.3) is 10.9 Å². The highest BCUT2D eigenvalue weighted by atomic mass is 16.2. The Morgan fingerprint density at radius 1 is 0.938 bits per heavy atom. The van der Waals surface area contributed by atoms with E-state index in [-0.39, 0.29) is 18.5 Å². The number of hydrogen-bond acceptors (Lipinski definition) is 5.